The van der Waals surface area contributed by atoms with Crippen molar-refractivity contribution in [2.24, 2.45) is 11.8 Å². The summed E-state index contributed by atoms with van der Waals surface area (Å²) in [7, 11) is 0. The van der Waals surface area contributed by atoms with E-state index in [-0.39, 0.29) is 5.91 Å². The molecule has 5 nitrogen and oxygen atoms in total. The molecular formula is C24H38N2O3. The molecule has 1 heterocycles. The second-order valence-corrected chi connectivity index (χ2v) is 9.00. The zero-order valence-electron chi connectivity index (χ0n) is 18.4. The lowest BCUT2D eigenvalue weighted by molar-refractivity contribution is -0.147. The molecule has 1 N–H and O–H groups in total. The van der Waals surface area contributed by atoms with Crippen LogP contribution >= 0.6 is 0 Å². The topological polar surface area (TPSA) is 50.8 Å². The van der Waals surface area contributed by atoms with Gasteiger partial charge in [-0.05, 0) is 81.7 Å². The van der Waals surface area contributed by atoms with E-state index in [1.165, 1.54) is 32.4 Å². The third kappa shape index (κ3) is 6.19. The average Bonchev–Trinajstić information content (AvgIpc) is 2.69. The first-order valence-corrected chi connectivity index (χ1v) is 11.4. The van der Waals surface area contributed by atoms with Crippen molar-refractivity contribution >= 4 is 11.6 Å². The van der Waals surface area contributed by atoms with Crippen molar-refractivity contribution in [3.05, 3.63) is 24.3 Å². The van der Waals surface area contributed by atoms with Crippen molar-refractivity contribution in [2.75, 3.05) is 38.2 Å². The molecule has 3 atom stereocenters. The number of piperidine rings is 1. The van der Waals surface area contributed by atoms with E-state index in [0.29, 0.717) is 19.1 Å². The third-order valence-corrected chi connectivity index (χ3v) is 6.32. The summed E-state index contributed by atoms with van der Waals surface area (Å²) in [5, 5.41) is 3.07. The van der Waals surface area contributed by atoms with E-state index in [1.54, 1.807) is 0 Å². The Hall–Kier alpha value is -1.59. The van der Waals surface area contributed by atoms with E-state index < -0.39 is 5.60 Å². The molecule has 162 valence electrons. The van der Waals surface area contributed by atoms with E-state index in [4.69, 9.17) is 9.47 Å². The van der Waals surface area contributed by atoms with E-state index in [9.17, 15) is 4.79 Å². The van der Waals surface area contributed by atoms with Crippen LogP contribution in [0.1, 0.15) is 59.3 Å². The van der Waals surface area contributed by atoms with E-state index in [2.05, 4.69) is 24.1 Å². The highest BCUT2D eigenvalue weighted by molar-refractivity contribution is 5.97. The van der Waals surface area contributed by atoms with Crippen LogP contribution in [0.25, 0.3) is 0 Å². The molecule has 1 saturated heterocycles. The molecular weight excluding hydrogens is 364 g/mol. The van der Waals surface area contributed by atoms with Gasteiger partial charge in [-0.3, -0.25) is 9.69 Å². The molecule has 5 heteroatoms. The lowest BCUT2D eigenvalue weighted by Crippen LogP contribution is -2.48. The molecule has 0 spiro atoms. The maximum absolute atomic E-state index is 13.0. The molecule has 1 amide bonds. The van der Waals surface area contributed by atoms with Gasteiger partial charge in [0.05, 0.1) is 0 Å². The summed E-state index contributed by atoms with van der Waals surface area (Å²) in [5.41, 5.74) is 0.109. The van der Waals surface area contributed by atoms with Crippen LogP contribution in [0.2, 0.25) is 0 Å². The number of carbonyl (C=O) groups excluding carboxylic acids is 1. The van der Waals surface area contributed by atoms with Crippen molar-refractivity contribution in [1.82, 2.24) is 4.90 Å². The smallest absolute Gasteiger partial charge is 0.256 e. The predicted molar refractivity (Wildman–Crippen MR) is 117 cm³/mol. The van der Waals surface area contributed by atoms with Crippen molar-refractivity contribution in [3.8, 4) is 5.75 Å². The van der Waals surface area contributed by atoms with Crippen LogP contribution in [0.5, 0.6) is 5.75 Å². The van der Waals surface area contributed by atoms with Crippen molar-refractivity contribution in [3.63, 3.8) is 0 Å². The number of rotatable bonds is 8. The number of anilines is 1. The van der Waals surface area contributed by atoms with Gasteiger partial charge in [0.1, 0.15) is 18.0 Å². The van der Waals surface area contributed by atoms with Gasteiger partial charge in [-0.1, -0.05) is 20.3 Å². The molecule has 0 bridgehead atoms. The highest BCUT2D eigenvalue weighted by Crippen LogP contribution is 2.36. The average molecular weight is 403 g/mol. The zero-order valence-corrected chi connectivity index (χ0v) is 18.4. The number of hydrogen-bond acceptors (Lipinski definition) is 4. The lowest BCUT2D eigenvalue weighted by Gasteiger charge is -2.38. The van der Waals surface area contributed by atoms with Crippen molar-refractivity contribution < 1.29 is 14.3 Å². The first-order chi connectivity index (χ1) is 14.0. The molecule has 2 fully saturated rings. The number of benzene rings is 1. The molecule has 1 aliphatic carbocycles. The van der Waals surface area contributed by atoms with Crippen LogP contribution in [0.3, 0.4) is 0 Å². The molecule has 2 aliphatic rings. The summed E-state index contributed by atoms with van der Waals surface area (Å²) in [5.74, 6) is 2.14. The Morgan fingerprint density at radius 1 is 1.17 bits per heavy atom. The predicted octanol–water partition coefficient (Wildman–Crippen LogP) is 4.72. The van der Waals surface area contributed by atoms with Gasteiger partial charge >= 0.3 is 0 Å². The molecule has 3 rings (SSSR count). The number of nitrogens with zero attached hydrogens (tertiary/aromatic N) is 1. The van der Waals surface area contributed by atoms with Gasteiger partial charge in [0.15, 0.2) is 0 Å². The Kier molecular flexibility index (Phi) is 7.96. The molecule has 1 saturated carbocycles. The Morgan fingerprint density at radius 2 is 1.93 bits per heavy atom. The standard InChI is InChI=1S/C24H38N2O3/c1-4-29-24(13-5-7-19(2)17-24)23(27)25-21-9-11-22(12-10-21)28-16-15-26-14-6-8-20(3)18-26/h9-12,19-20H,4-8,13-18H2,1-3H3,(H,25,27)/t19-,20+,24-/m1/s1. The maximum Gasteiger partial charge on any atom is 0.256 e. The summed E-state index contributed by atoms with van der Waals surface area (Å²) in [6.45, 7) is 11.1. The number of hydrogen-bond donors (Lipinski definition) is 1. The van der Waals surface area contributed by atoms with Crippen molar-refractivity contribution in [1.29, 1.82) is 0 Å². The fraction of sp³-hybridized carbons (Fsp3) is 0.708. The SMILES string of the molecule is CCO[C@]1(C(=O)Nc2ccc(OCCN3CCC[C@H](C)C3)cc2)CCC[C@@H](C)C1. The van der Waals surface area contributed by atoms with Crippen LogP contribution in [-0.4, -0.2) is 49.3 Å². The first kappa shape index (κ1) is 22.1. The normalized spacial score (nSPS) is 28.1. The number of amides is 1. The summed E-state index contributed by atoms with van der Waals surface area (Å²) in [6, 6.07) is 7.71. The molecule has 1 aromatic rings. The van der Waals surface area contributed by atoms with Crippen LogP contribution < -0.4 is 10.1 Å². The number of likely N-dealkylation sites (tertiary alicyclic amines) is 1. The summed E-state index contributed by atoms with van der Waals surface area (Å²) in [4.78, 5) is 15.5. The second kappa shape index (κ2) is 10.4. The Bertz CT molecular complexity index is 644. The molecule has 0 radical (unpaired) electrons. The minimum absolute atomic E-state index is 0.0150. The van der Waals surface area contributed by atoms with Crippen LogP contribution in [0.15, 0.2) is 24.3 Å². The highest BCUT2D eigenvalue weighted by atomic mass is 16.5. The Morgan fingerprint density at radius 3 is 2.62 bits per heavy atom. The summed E-state index contributed by atoms with van der Waals surface area (Å²) >= 11 is 0. The van der Waals surface area contributed by atoms with Crippen LogP contribution in [0, 0.1) is 11.8 Å². The molecule has 1 aromatic carbocycles. The van der Waals surface area contributed by atoms with Gasteiger partial charge in [-0.25, -0.2) is 0 Å². The molecule has 1 aliphatic heterocycles. The lowest BCUT2D eigenvalue weighted by atomic mass is 9.78. The van der Waals surface area contributed by atoms with Crippen LogP contribution in [-0.2, 0) is 9.53 Å². The van der Waals surface area contributed by atoms with E-state index in [0.717, 1.165) is 43.2 Å². The number of carbonyl (C=O) groups is 1. The van der Waals surface area contributed by atoms with Gasteiger partial charge in [0.25, 0.3) is 5.91 Å². The van der Waals surface area contributed by atoms with E-state index in [1.807, 2.05) is 31.2 Å². The monoisotopic (exact) mass is 402 g/mol. The van der Waals surface area contributed by atoms with Gasteiger partial charge in [0.2, 0.25) is 0 Å². The fourth-order valence-electron chi connectivity index (χ4n) is 4.84. The molecule has 0 unspecified atom stereocenters. The fourth-order valence-corrected chi connectivity index (χ4v) is 4.84. The first-order valence-electron chi connectivity index (χ1n) is 11.4. The highest BCUT2D eigenvalue weighted by Gasteiger charge is 2.42. The van der Waals surface area contributed by atoms with Crippen molar-refractivity contribution in [2.45, 2.75) is 64.9 Å². The Labute approximate surface area is 176 Å². The zero-order chi connectivity index (χ0) is 20.7. The van der Waals surface area contributed by atoms with Gasteiger partial charge in [-0.15, -0.1) is 0 Å². The summed E-state index contributed by atoms with van der Waals surface area (Å²) in [6.07, 6.45) is 6.43. The molecule has 29 heavy (non-hydrogen) atoms. The molecule has 0 aromatic heterocycles. The van der Waals surface area contributed by atoms with Crippen LogP contribution in [0.4, 0.5) is 5.69 Å². The van der Waals surface area contributed by atoms with Gasteiger partial charge in [-0.2, -0.15) is 0 Å². The number of ether oxygens (including phenoxy) is 2. The second-order valence-electron chi connectivity index (χ2n) is 9.00. The minimum Gasteiger partial charge on any atom is -0.492 e. The maximum atomic E-state index is 13.0. The Balaban J connectivity index is 1.49. The minimum atomic E-state index is -0.687. The van der Waals surface area contributed by atoms with Gasteiger partial charge < -0.3 is 14.8 Å². The van der Waals surface area contributed by atoms with E-state index >= 15 is 0 Å². The van der Waals surface area contributed by atoms with Gasteiger partial charge in [0, 0.05) is 25.4 Å². The number of nitrogens with one attached hydrogen (secondary N) is 1. The summed E-state index contributed by atoms with van der Waals surface area (Å²) < 4.78 is 11.9. The third-order valence-electron chi connectivity index (χ3n) is 6.32. The largest absolute Gasteiger partial charge is 0.492 e. The quantitative estimate of drug-likeness (QED) is 0.683.